The Morgan fingerprint density at radius 3 is 2.28 bits per heavy atom. The molecule has 0 bridgehead atoms. The third-order valence-corrected chi connectivity index (χ3v) is 3.87. The van der Waals surface area contributed by atoms with Crippen LogP contribution in [0.3, 0.4) is 0 Å². The van der Waals surface area contributed by atoms with Gasteiger partial charge in [0.2, 0.25) is 0 Å². The molecule has 0 aliphatic heterocycles. The van der Waals surface area contributed by atoms with E-state index >= 15 is 0 Å². The van der Waals surface area contributed by atoms with E-state index in [0.717, 1.165) is 19.3 Å². The van der Waals surface area contributed by atoms with Crippen LogP contribution in [0.4, 0.5) is 0 Å². The molecule has 0 saturated heterocycles. The lowest BCUT2D eigenvalue weighted by Gasteiger charge is -2.33. The predicted molar refractivity (Wildman–Crippen MR) is 74.1 cm³/mol. The van der Waals surface area contributed by atoms with Crippen molar-refractivity contribution in [1.82, 2.24) is 0 Å². The zero-order chi connectivity index (χ0) is 14.3. The number of carbonyl (C=O) groups is 1. The molecule has 106 valence electrons. The minimum atomic E-state index is -1.37. The van der Waals surface area contributed by atoms with Crippen LogP contribution in [0.25, 0.3) is 0 Å². The van der Waals surface area contributed by atoms with Crippen LogP contribution in [-0.4, -0.2) is 22.3 Å². The standard InChI is InChI=1S/C15H28O3/c1-6-7-10-15(5,11(2)3)14(18)12(4)8-9-13(16)17/h11,13,16-17H,4,6-10H2,1-3,5H3. The van der Waals surface area contributed by atoms with Crippen molar-refractivity contribution in [2.75, 3.05) is 0 Å². The number of rotatable bonds is 9. The maximum absolute atomic E-state index is 12.5. The lowest BCUT2D eigenvalue weighted by molar-refractivity contribution is -0.127. The molecule has 0 heterocycles. The van der Waals surface area contributed by atoms with E-state index in [-0.39, 0.29) is 23.5 Å². The smallest absolute Gasteiger partial charge is 0.164 e. The van der Waals surface area contributed by atoms with Crippen LogP contribution in [0.15, 0.2) is 12.2 Å². The first-order valence-corrected chi connectivity index (χ1v) is 6.84. The number of carbonyl (C=O) groups excluding carboxylic acids is 1. The molecule has 3 nitrogen and oxygen atoms in total. The zero-order valence-corrected chi connectivity index (χ0v) is 12.2. The molecule has 0 radical (unpaired) electrons. The number of unbranched alkanes of at least 4 members (excludes halogenated alkanes) is 1. The van der Waals surface area contributed by atoms with Gasteiger partial charge in [-0.15, -0.1) is 0 Å². The van der Waals surface area contributed by atoms with Crippen LogP contribution >= 0.6 is 0 Å². The number of hydrogen-bond donors (Lipinski definition) is 2. The maximum atomic E-state index is 12.5. The number of Topliss-reactive ketones (excluding diaryl/α,β-unsaturated/α-hetero) is 1. The summed E-state index contributed by atoms with van der Waals surface area (Å²) in [6.07, 6.45) is 2.11. The quantitative estimate of drug-likeness (QED) is 0.492. The summed E-state index contributed by atoms with van der Waals surface area (Å²) in [5.41, 5.74) is 0.128. The average Bonchev–Trinajstić information content (AvgIpc) is 2.31. The van der Waals surface area contributed by atoms with Crippen molar-refractivity contribution >= 4 is 5.78 Å². The van der Waals surface area contributed by atoms with E-state index in [9.17, 15) is 4.79 Å². The van der Waals surface area contributed by atoms with Gasteiger partial charge in [0.1, 0.15) is 0 Å². The first kappa shape index (κ1) is 17.3. The molecule has 0 saturated carbocycles. The fourth-order valence-electron chi connectivity index (χ4n) is 2.03. The van der Waals surface area contributed by atoms with E-state index < -0.39 is 6.29 Å². The van der Waals surface area contributed by atoms with Gasteiger partial charge in [0.15, 0.2) is 12.1 Å². The topological polar surface area (TPSA) is 57.5 Å². The van der Waals surface area contributed by atoms with Gasteiger partial charge in [-0.1, -0.05) is 47.1 Å². The molecular formula is C15H28O3. The first-order valence-electron chi connectivity index (χ1n) is 6.84. The Bertz CT molecular complexity index is 281. The number of aliphatic hydroxyl groups is 2. The van der Waals surface area contributed by atoms with Crippen molar-refractivity contribution < 1.29 is 15.0 Å². The van der Waals surface area contributed by atoms with Gasteiger partial charge < -0.3 is 10.2 Å². The third-order valence-electron chi connectivity index (χ3n) is 3.87. The van der Waals surface area contributed by atoms with E-state index in [1.807, 2.05) is 6.92 Å². The zero-order valence-electron chi connectivity index (χ0n) is 12.2. The lowest BCUT2D eigenvalue weighted by atomic mass is 9.69. The Kier molecular flexibility index (Phi) is 7.41. The molecule has 18 heavy (non-hydrogen) atoms. The summed E-state index contributed by atoms with van der Waals surface area (Å²) >= 11 is 0. The molecule has 0 rings (SSSR count). The van der Waals surface area contributed by atoms with Crippen molar-refractivity contribution in [3.05, 3.63) is 12.2 Å². The fourth-order valence-corrected chi connectivity index (χ4v) is 2.03. The first-order chi connectivity index (χ1) is 8.25. The highest BCUT2D eigenvalue weighted by Gasteiger charge is 2.36. The van der Waals surface area contributed by atoms with Gasteiger partial charge in [0.25, 0.3) is 0 Å². The Hall–Kier alpha value is -0.670. The average molecular weight is 256 g/mol. The number of allylic oxidation sites excluding steroid dienone is 1. The highest BCUT2D eigenvalue weighted by Crippen LogP contribution is 2.36. The fraction of sp³-hybridized carbons (Fsp3) is 0.800. The molecule has 0 aromatic rings. The minimum Gasteiger partial charge on any atom is -0.368 e. The van der Waals surface area contributed by atoms with E-state index in [2.05, 4.69) is 27.4 Å². The summed E-state index contributed by atoms with van der Waals surface area (Å²) in [5.74, 6) is 0.332. The van der Waals surface area contributed by atoms with Crippen molar-refractivity contribution in [1.29, 1.82) is 0 Å². The second kappa shape index (κ2) is 7.70. The summed E-state index contributed by atoms with van der Waals surface area (Å²) in [4.78, 5) is 12.5. The third kappa shape index (κ3) is 4.91. The molecule has 0 spiro atoms. The van der Waals surface area contributed by atoms with E-state index in [0.29, 0.717) is 12.0 Å². The van der Waals surface area contributed by atoms with Gasteiger partial charge in [-0.3, -0.25) is 4.79 Å². The summed E-state index contributed by atoms with van der Waals surface area (Å²) in [5, 5.41) is 17.7. The Labute approximate surface area is 111 Å². The summed E-state index contributed by atoms with van der Waals surface area (Å²) in [6.45, 7) is 12.0. The Balaban J connectivity index is 4.70. The van der Waals surface area contributed by atoms with Gasteiger partial charge in [-0.25, -0.2) is 0 Å². The van der Waals surface area contributed by atoms with Crippen LogP contribution in [0.1, 0.15) is 59.8 Å². The molecule has 1 atom stereocenters. The Morgan fingerprint density at radius 1 is 1.33 bits per heavy atom. The molecule has 0 aromatic carbocycles. The molecular weight excluding hydrogens is 228 g/mol. The molecule has 0 aromatic heterocycles. The molecule has 0 aliphatic carbocycles. The van der Waals surface area contributed by atoms with Crippen molar-refractivity contribution in [2.45, 2.75) is 66.1 Å². The van der Waals surface area contributed by atoms with Crippen LogP contribution in [0.2, 0.25) is 0 Å². The Morgan fingerprint density at radius 2 is 1.89 bits per heavy atom. The van der Waals surface area contributed by atoms with Crippen molar-refractivity contribution in [3.8, 4) is 0 Å². The monoisotopic (exact) mass is 256 g/mol. The van der Waals surface area contributed by atoms with Crippen LogP contribution < -0.4 is 0 Å². The predicted octanol–water partition coefficient (Wildman–Crippen LogP) is 3.06. The number of hydrogen-bond acceptors (Lipinski definition) is 3. The van der Waals surface area contributed by atoms with Crippen LogP contribution in [0, 0.1) is 11.3 Å². The molecule has 1 unspecified atom stereocenters. The highest BCUT2D eigenvalue weighted by atomic mass is 16.5. The molecule has 3 heteroatoms. The normalized spacial score (nSPS) is 14.9. The van der Waals surface area contributed by atoms with Crippen LogP contribution in [-0.2, 0) is 4.79 Å². The lowest BCUT2D eigenvalue weighted by Crippen LogP contribution is -2.34. The SMILES string of the molecule is C=C(CCC(O)O)C(=O)C(C)(CCCC)C(C)C. The maximum Gasteiger partial charge on any atom is 0.164 e. The molecule has 0 aliphatic rings. The van der Waals surface area contributed by atoms with E-state index in [1.54, 1.807) is 0 Å². The summed E-state index contributed by atoms with van der Waals surface area (Å²) < 4.78 is 0. The summed E-state index contributed by atoms with van der Waals surface area (Å²) in [6, 6.07) is 0. The van der Waals surface area contributed by atoms with Gasteiger partial charge in [-0.05, 0) is 24.3 Å². The van der Waals surface area contributed by atoms with E-state index in [4.69, 9.17) is 10.2 Å². The highest BCUT2D eigenvalue weighted by molar-refractivity contribution is 5.99. The van der Waals surface area contributed by atoms with E-state index in [1.165, 1.54) is 0 Å². The number of aliphatic hydroxyl groups excluding tert-OH is 1. The van der Waals surface area contributed by atoms with Crippen molar-refractivity contribution in [3.63, 3.8) is 0 Å². The van der Waals surface area contributed by atoms with Gasteiger partial charge >= 0.3 is 0 Å². The molecule has 0 amide bonds. The van der Waals surface area contributed by atoms with Gasteiger partial charge in [0.05, 0.1) is 0 Å². The second-order valence-corrected chi connectivity index (χ2v) is 5.63. The molecule has 2 N–H and O–H groups in total. The van der Waals surface area contributed by atoms with Crippen LogP contribution in [0.5, 0.6) is 0 Å². The van der Waals surface area contributed by atoms with Crippen molar-refractivity contribution in [2.24, 2.45) is 11.3 Å². The largest absolute Gasteiger partial charge is 0.368 e. The molecule has 0 fully saturated rings. The number of ketones is 1. The van der Waals surface area contributed by atoms with Gasteiger partial charge in [-0.2, -0.15) is 0 Å². The summed E-state index contributed by atoms with van der Waals surface area (Å²) in [7, 11) is 0. The second-order valence-electron chi connectivity index (χ2n) is 5.63. The minimum absolute atomic E-state index is 0.0756. The van der Waals surface area contributed by atoms with Gasteiger partial charge in [0, 0.05) is 11.8 Å².